The first-order valence-electron chi connectivity index (χ1n) is 6.82. The molecule has 1 aliphatic rings. The lowest BCUT2D eigenvalue weighted by atomic mass is 10.1. The van der Waals surface area contributed by atoms with Crippen molar-refractivity contribution in [1.82, 2.24) is 0 Å². The summed E-state index contributed by atoms with van der Waals surface area (Å²) in [6.45, 7) is 2.53. The highest BCUT2D eigenvalue weighted by molar-refractivity contribution is 7.91. The van der Waals surface area contributed by atoms with E-state index in [4.69, 9.17) is 4.74 Å². The molecule has 2 atom stereocenters. The second kappa shape index (κ2) is 6.45. The van der Waals surface area contributed by atoms with Crippen LogP contribution in [-0.4, -0.2) is 33.7 Å². The van der Waals surface area contributed by atoms with E-state index in [9.17, 15) is 21.6 Å². The van der Waals surface area contributed by atoms with Gasteiger partial charge in [-0.05, 0) is 37.0 Å². The van der Waals surface area contributed by atoms with Crippen molar-refractivity contribution in [2.45, 2.75) is 25.0 Å². The molecule has 1 heterocycles. The first-order chi connectivity index (χ1) is 10.2. The smallest absolute Gasteiger partial charge is 0.406 e. The summed E-state index contributed by atoms with van der Waals surface area (Å²) in [5, 5.41) is -0.784. The maximum atomic E-state index is 12.3. The molecule has 0 aliphatic carbocycles. The molecule has 4 nitrogen and oxygen atoms in total. The standard InChI is InChI=1S/C14H17F3O4S/c1-10(22(18,19)9-11-6-7-20-8-11)12-2-4-13(5-3-12)21-14(15,16)17/h2-5,10-11H,6-9H2,1H3/t10-,11+/m0/s1. The summed E-state index contributed by atoms with van der Waals surface area (Å²) in [4.78, 5) is 0. The van der Waals surface area contributed by atoms with Gasteiger partial charge in [0.05, 0.1) is 17.6 Å². The minimum Gasteiger partial charge on any atom is -0.406 e. The van der Waals surface area contributed by atoms with Gasteiger partial charge in [0.15, 0.2) is 9.84 Å². The van der Waals surface area contributed by atoms with Crippen molar-refractivity contribution in [3.63, 3.8) is 0 Å². The minimum absolute atomic E-state index is 0.0136. The molecule has 2 rings (SSSR count). The molecule has 1 saturated heterocycles. The lowest BCUT2D eigenvalue weighted by Crippen LogP contribution is -2.21. The number of sulfone groups is 1. The zero-order chi connectivity index (χ0) is 16.4. The zero-order valence-corrected chi connectivity index (χ0v) is 12.8. The molecule has 0 N–H and O–H groups in total. The van der Waals surface area contributed by atoms with Gasteiger partial charge in [0.1, 0.15) is 5.75 Å². The Morgan fingerprint density at radius 3 is 2.45 bits per heavy atom. The third kappa shape index (κ3) is 4.61. The number of benzene rings is 1. The molecule has 1 aromatic carbocycles. The van der Waals surface area contributed by atoms with Crippen LogP contribution in [0.5, 0.6) is 5.75 Å². The molecule has 8 heteroatoms. The molecular weight excluding hydrogens is 321 g/mol. The van der Waals surface area contributed by atoms with Crippen molar-refractivity contribution in [2.24, 2.45) is 5.92 Å². The van der Waals surface area contributed by atoms with Gasteiger partial charge in [0.25, 0.3) is 0 Å². The molecule has 1 aromatic rings. The van der Waals surface area contributed by atoms with Crippen LogP contribution in [0, 0.1) is 5.92 Å². The van der Waals surface area contributed by atoms with Crippen LogP contribution in [0.4, 0.5) is 13.2 Å². The minimum atomic E-state index is -4.76. The SMILES string of the molecule is C[C@@H](c1ccc(OC(F)(F)F)cc1)S(=O)(=O)C[C@@H]1CCOC1. The van der Waals surface area contributed by atoms with Crippen molar-refractivity contribution < 1.29 is 31.1 Å². The molecule has 1 fully saturated rings. The summed E-state index contributed by atoms with van der Waals surface area (Å²) in [6, 6.07) is 4.92. The normalized spacial score (nSPS) is 20.8. The molecule has 0 spiro atoms. The Hall–Kier alpha value is -1.28. The van der Waals surface area contributed by atoms with E-state index in [0.717, 1.165) is 12.1 Å². The van der Waals surface area contributed by atoms with Crippen molar-refractivity contribution >= 4 is 9.84 Å². The number of hydrogen-bond acceptors (Lipinski definition) is 4. The fourth-order valence-electron chi connectivity index (χ4n) is 2.34. The topological polar surface area (TPSA) is 52.6 Å². The Bertz CT molecular complexity index is 590. The fourth-order valence-corrected chi connectivity index (χ4v) is 4.12. The number of rotatable bonds is 5. The fraction of sp³-hybridized carbons (Fsp3) is 0.571. The van der Waals surface area contributed by atoms with Crippen molar-refractivity contribution in [1.29, 1.82) is 0 Å². The van der Waals surface area contributed by atoms with Crippen LogP contribution < -0.4 is 4.74 Å². The maximum absolute atomic E-state index is 12.3. The van der Waals surface area contributed by atoms with Gasteiger partial charge >= 0.3 is 6.36 Å². The maximum Gasteiger partial charge on any atom is 0.573 e. The van der Waals surface area contributed by atoms with E-state index in [0.29, 0.717) is 25.2 Å². The summed E-state index contributed by atoms with van der Waals surface area (Å²) >= 11 is 0. The predicted molar refractivity (Wildman–Crippen MR) is 74.3 cm³/mol. The predicted octanol–water partition coefficient (Wildman–Crippen LogP) is 3.10. The molecule has 0 radical (unpaired) electrons. The summed E-state index contributed by atoms with van der Waals surface area (Å²) in [5.41, 5.74) is 0.438. The largest absolute Gasteiger partial charge is 0.573 e. The van der Waals surface area contributed by atoms with Crippen LogP contribution >= 0.6 is 0 Å². The number of halogens is 3. The monoisotopic (exact) mass is 338 g/mol. The second-order valence-corrected chi connectivity index (χ2v) is 7.68. The van der Waals surface area contributed by atoms with Crippen LogP contribution in [0.2, 0.25) is 0 Å². The molecule has 0 unspecified atom stereocenters. The van der Waals surface area contributed by atoms with Gasteiger partial charge in [-0.3, -0.25) is 0 Å². The van der Waals surface area contributed by atoms with Gasteiger partial charge in [-0.15, -0.1) is 13.2 Å². The summed E-state index contributed by atoms with van der Waals surface area (Å²) in [7, 11) is -3.39. The lowest BCUT2D eigenvalue weighted by Gasteiger charge is -2.16. The van der Waals surface area contributed by atoms with E-state index in [-0.39, 0.29) is 17.4 Å². The van der Waals surface area contributed by atoms with Crippen LogP contribution in [0.3, 0.4) is 0 Å². The molecule has 0 aromatic heterocycles. The van der Waals surface area contributed by atoms with Gasteiger partial charge in [0.2, 0.25) is 0 Å². The van der Waals surface area contributed by atoms with Crippen molar-refractivity contribution in [2.75, 3.05) is 19.0 Å². The molecule has 0 saturated carbocycles. The first kappa shape index (κ1) is 17.1. The number of alkyl halides is 3. The Morgan fingerprint density at radius 2 is 1.95 bits per heavy atom. The number of ether oxygens (including phenoxy) is 2. The molecule has 124 valence electrons. The van der Waals surface area contributed by atoms with Crippen molar-refractivity contribution in [3.05, 3.63) is 29.8 Å². The quantitative estimate of drug-likeness (QED) is 0.828. The van der Waals surface area contributed by atoms with Gasteiger partial charge in [0, 0.05) is 6.61 Å². The molecule has 1 aliphatic heterocycles. The van der Waals surface area contributed by atoms with Crippen molar-refractivity contribution in [3.8, 4) is 5.75 Å². The highest BCUT2D eigenvalue weighted by atomic mass is 32.2. The Kier molecular flexibility index (Phi) is 5.01. The average Bonchev–Trinajstić information content (AvgIpc) is 2.89. The molecule has 0 bridgehead atoms. The Labute approximate surface area is 127 Å². The molecule has 0 amide bonds. The average molecular weight is 338 g/mol. The highest BCUT2D eigenvalue weighted by Crippen LogP contribution is 2.29. The Morgan fingerprint density at radius 1 is 1.32 bits per heavy atom. The van der Waals surface area contributed by atoms with Crippen LogP contribution in [0.1, 0.15) is 24.2 Å². The van der Waals surface area contributed by atoms with E-state index in [1.807, 2.05) is 0 Å². The van der Waals surface area contributed by atoms with E-state index >= 15 is 0 Å². The van der Waals surface area contributed by atoms with E-state index < -0.39 is 21.4 Å². The Balaban J connectivity index is 2.06. The molecular formula is C14H17F3O4S. The van der Waals surface area contributed by atoms with E-state index in [2.05, 4.69) is 4.74 Å². The first-order valence-corrected chi connectivity index (χ1v) is 8.54. The second-order valence-electron chi connectivity index (χ2n) is 5.32. The molecule has 22 heavy (non-hydrogen) atoms. The van der Waals surface area contributed by atoms with E-state index in [1.165, 1.54) is 19.1 Å². The summed E-state index contributed by atoms with van der Waals surface area (Å²) < 4.78 is 69.9. The highest BCUT2D eigenvalue weighted by Gasteiger charge is 2.32. The lowest BCUT2D eigenvalue weighted by molar-refractivity contribution is -0.274. The van der Waals surface area contributed by atoms with Gasteiger partial charge in [-0.2, -0.15) is 0 Å². The van der Waals surface area contributed by atoms with E-state index in [1.54, 1.807) is 0 Å². The van der Waals surface area contributed by atoms with Crippen LogP contribution in [0.25, 0.3) is 0 Å². The summed E-state index contributed by atoms with van der Waals surface area (Å²) in [5.74, 6) is -0.361. The van der Waals surface area contributed by atoms with Gasteiger partial charge < -0.3 is 9.47 Å². The van der Waals surface area contributed by atoms with Gasteiger partial charge in [-0.1, -0.05) is 12.1 Å². The third-order valence-corrected chi connectivity index (χ3v) is 5.90. The van der Waals surface area contributed by atoms with Crippen LogP contribution in [0.15, 0.2) is 24.3 Å². The summed E-state index contributed by atoms with van der Waals surface area (Å²) in [6.07, 6.45) is -4.05. The zero-order valence-electron chi connectivity index (χ0n) is 12.0. The number of hydrogen-bond donors (Lipinski definition) is 0. The third-order valence-electron chi connectivity index (χ3n) is 3.61. The van der Waals surface area contributed by atoms with Crippen LogP contribution in [-0.2, 0) is 14.6 Å². The van der Waals surface area contributed by atoms with Gasteiger partial charge in [-0.25, -0.2) is 8.42 Å².